The lowest BCUT2D eigenvalue weighted by molar-refractivity contribution is 0.0575. The van der Waals surface area contributed by atoms with Gasteiger partial charge >= 0.3 is 0 Å². The number of carbonyl (C=O) groups is 1. The van der Waals surface area contributed by atoms with Crippen molar-refractivity contribution in [2.24, 2.45) is 5.73 Å². The van der Waals surface area contributed by atoms with Crippen LogP contribution in [0.1, 0.15) is 36.0 Å². The zero-order valence-corrected chi connectivity index (χ0v) is 11.2. The van der Waals surface area contributed by atoms with Crippen LogP contribution < -0.4 is 10.5 Å². The summed E-state index contributed by atoms with van der Waals surface area (Å²) in [5.74, 6) is 0.919. The molecule has 2 fully saturated rings. The highest BCUT2D eigenvalue weighted by Crippen LogP contribution is 2.36. The molecule has 0 aromatic heterocycles. The molecule has 1 amide bonds. The Morgan fingerprint density at radius 2 is 1.79 bits per heavy atom. The summed E-state index contributed by atoms with van der Waals surface area (Å²) in [4.78, 5) is 14.7. The Morgan fingerprint density at radius 3 is 2.32 bits per heavy atom. The molecule has 2 unspecified atom stereocenters. The van der Waals surface area contributed by atoms with Crippen LogP contribution in [0.4, 0.5) is 0 Å². The van der Waals surface area contributed by atoms with Gasteiger partial charge < -0.3 is 15.4 Å². The number of rotatable bonds is 2. The van der Waals surface area contributed by atoms with Crippen LogP contribution in [0.15, 0.2) is 24.3 Å². The summed E-state index contributed by atoms with van der Waals surface area (Å²) in [7, 11) is 1.63. The van der Waals surface area contributed by atoms with Crippen LogP contribution in [0.25, 0.3) is 0 Å². The van der Waals surface area contributed by atoms with E-state index in [9.17, 15) is 4.79 Å². The van der Waals surface area contributed by atoms with Gasteiger partial charge in [-0.25, -0.2) is 0 Å². The van der Waals surface area contributed by atoms with E-state index >= 15 is 0 Å². The van der Waals surface area contributed by atoms with Crippen molar-refractivity contribution < 1.29 is 9.53 Å². The molecule has 2 bridgehead atoms. The van der Waals surface area contributed by atoms with Gasteiger partial charge in [0.25, 0.3) is 5.91 Å². The number of piperidine rings is 1. The molecular weight excluding hydrogens is 240 g/mol. The predicted octanol–water partition coefficient (Wildman–Crippen LogP) is 1.79. The Hall–Kier alpha value is -1.55. The summed E-state index contributed by atoms with van der Waals surface area (Å²) in [5.41, 5.74) is 6.78. The molecule has 2 saturated heterocycles. The normalized spacial score (nSPS) is 29.4. The zero-order chi connectivity index (χ0) is 13.4. The summed E-state index contributed by atoms with van der Waals surface area (Å²) in [6.45, 7) is 0. The molecule has 1 aromatic carbocycles. The van der Waals surface area contributed by atoms with E-state index in [0.717, 1.165) is 37.0 Å². The molecular formula is C15H20N2O2. The van der Waals surface area contributed by atoms with Gasteiger partial charge in [0, 0.05) is 23.7 Å². The number of amides is 1. The molecule has 2 heterocycles. The zero-order valence-electron chi connectivity index (χ0n) is 11.2. The first-order valence-corrected chi connectivity index (χ1v) is 6.91. The van der Waals surface area contributed by atoms with Crippen molar-refractivity contribution in [3.05, 3.63) is 29.8 Å². The molecule has 2 N–H and O–H groups in total. The van der Waals surface area contributed by atoms with E-state index in [2.05, 4.69) is 4.90 Å². The fourth-order valence-corrected chi connectivity index (χ4v) is 3.43. The minimum atomic E-state index is 0.141. The van der Waals surface area contributed by atoms with Gasteiger partial charge in [-0.15, -0.1) is 0 Å². The van der Waals surface area contributed by atoms with E-state index in [1.807, 2.05) is 24.3 Å². The third kappa shape index (κ3) is 2.21. The molecule has 4 nitrogen and oxygen atoms in total. The third-order valence-electron chi connectivity index (χ3n) is 4.34. The maximum Gasteiger partial charge on any atom is 0.254 e. The monoisotopic (exact) mass is 260 g/mol. The fraction of sp³-hybridized carbons (Fsp3) is 0.533. The lowest BCUT2D eigenvalue weighted by Gasteiger charge is -2.37. The van der Waals surface area contributed by atoms with Gasteiger partial charge in [0.05, 0.1) is 7.11 Å². The van der Waals surface area contributed by atoms with Crippen molar-refractivity contribution in [1.29, 1.82) is 0 Å². The van der Waals surface area contributed by atoms with E-state index in [4.69, 9.17) is 10.5 Å². The van der Waals surface area contributed by atoms with Crippen LogP contribution in [0, 0.1) is 0 Å². The van der Waals surface area contributed by atoms with Gasteiger partial charge in [-0.2, -0.15) is 0 Å². The molecule has 2 aliphatic rings. The number of hydrogen-bond acceptors (Lipinski definition) is 3. The molecule has 0 spiro atoms. The first kappa shape index (κ1) is 12.5. The van der Waals surface area contributed by atoms with Crippen molar-refractivity contribution >= 4 is 5.91 Å². The molecule has 4 heteroatoms. The Morgan fingerprint density at radius 1 is 1.21 bits per heavy atom. The van der Waals surface area contributed by atoms with Crippen LogP contribution in [-0.4, -0.2) is 36.0 Å². The molecule has 2 aliphatic heterocycles. The Labute approximate surface area is 113 Å². The Bertz CT molecular complexity index is 458. The molecule has 3 rings (SSSR count). The highest BCUT2D eigenvalue weighted by atomic mass is 16.5. The van der Waals surface area contributed by atoms with E-state index < -0.39 is 0 Å². The predicted molar refractivity (Wildman–Crippen MR) is 73.2 cm³/mol. The number of ether oxygens (including phenoxy) is 1. The third-order valence-corrected chi connectivity index (χ3v) is 4.34. The SMILES string of the molecule is COc1ccc(C(=O)N2C3CCC2CC(N)C3)cc1. The molecule has 0 radical (unpaired) electrons. The Balaban J connectivity index is 1.80. The van der Waals surface area contributed by atoms with Crippen molar-refractivity contribution in [3.63, 3.8) is 0 Å². The van der Waals surface area contributed by atoms with E-state index in [-0.39, 0.29) is 11.9 Å². The smallest absolute Gasteiger partial charge is 0.254 e. The number of nitrogens with two attached hydrogens (primary N) is 1. The van der Waals surface area contributed by atoms with Gasteiger partial charge in [-0.1, -0.05) is 0 Å². The minimum Gasteiger partial charge on any atom is -0.497 e. The largest absolute Gasteiger partial charge is 0.497 e. The van der Waals surface area contributed by atoms with E-state index in [1.54, 1.807) is 7.11 Å². The number of carbonyl (C=O) groups excluding carboxylic acids is 1. The Kier molecular flexibility index (Phi) is 3.19. The highest BCUT2D eigenvalue weighted by molar-refractivity contribution is 5.95. The molecule has 0 aliphatic carbocycles. The standard InChI is InChI=1S/C15H20N2O2/c1-19-14-6-2-10(3-7-14)15(18)17-12-4-5-13(17)9-11(16)8-12/h2-3,6-7,11-13H,4-5,8-9,16H2,1H3. The second-order valence-corrected chi connectivity index (χ2v) is 5.56. The van der Waals surface area contributed by atoms with Crippen molar-refractivity contribution in [3.8, 4) is 5.75 Å². The maximum atomic E-state index is 12.6. The minimum absolute atomic E-state index is 0.141. The lowest BCUT2D eigenvalue weighted by atomic mass is 9.97. The van der Waals surface area contributed by atoms with Crippen LogP contribution in [-0.2, 0) is 0 Å². The lowest BCUT2D eigenvalue weighted by Crippen LogP contribution is -2.50. The van der Waals surface area contributed by atoms with E-state index in [1.165, 1.54) is 0 Å². The number of fused-ring (bicyclic) bond motifs is 2. The molecule has 0 saturated carbocycles. The van der Waals surface area contributed by atoms with Gasteiger partial charge in [0.2, 0.25) is 0 Å². The first-order valence-electron chi connectivity index (χ1n) is 6.91. The van der Waals surface area contributed by atoms with Gasteiger partial charge in [0.15, 0.2) is 0 Å². The van der Waals surface area contributed by atoms with Gasteiger partial charge in [-0.05, 0) is 49.9 Å². The average molecular weight is 260 g/mol. The molecule has 102 valence electrons. The first-order chi connectivity index (χ1) is 9.19. The van der Waals surface area contributed by atoms with Crippen LogP contribution in [0.2, 0.25) is 0 Å². The van der Waals surface area contributed by atoms with Crippen LogP contribution in [0.3, 0.4) is 0 Å². The summed E-state index contributed by atoms with van der Waals surface area (Å²) < 4.78 is 5.12. The van der Waals surface area contributed by atoms with Crippen molar-refractivity contribution in [2.45, 2.75) is 43.8 Å². The fourth-order valence-electron chi connectivity index (χ4n) is 3.43. The highest BCUT2D eigenvalue weighted by Gasteiger charge is 2.42. The second-order valence-electron chi connectivity index (χ2n) is 5.56. The summed E-state index contributed by atoms with van der Waals surface area (Å²) in [6, 6.07) is 8.30. The summed E-state index contributed by atoms with van der Waals surface area (Å²) in [6.07, 6.45) is 4.08. The van der Waals surface area contributed by atoms with Gasteiger partial charge in [0.1, 0.15) is 5.75 Å². The number of nitrogens with zero attached hydrogens (tertiary/aromatic N) is 1. The number of methoxy groups -OCH3 is 1. The van der Waals surface area contributed by atoms with Crippen molar-refractivity contribution in [1.82, 2.24) is 4.90 Å². The molecule has 1 aromatic rings. The molecule has 2 atom stereocenters. The van der Waals surface area contributed by atoms with Crippen LogP contribution in [0.5, 0.6) is 5.75 Å². The number of hydrogen-bond donors (Lipinski definition) is 1. The maximum absolute atomic E-state index is 12.6. The summed E-state index contributed by atoms with van der Waals surface area (Å²) in [5, 5.41) is 0. The quantitative estimate of drug-likeness (QED) is 0.882. The summed E-state index contributed by atoms with van der Waals surface area (Å²) >= 11 is 0. The topological polar surface area (TPSA) is 55.6 Å². The number of benzene rings is 1. The molecule has 19 heavy (non-hydrogen) atoms. The van der Waals surface area contributed by atoms with Crippen LogP contribution >= 0.6 is 0 Å². The average Bonchev–Trinajstić information content (AvgIpc) is 2.70. The second kappa shape index (κ2) is 4.85. The van der Waals surface area contributed by atoms with E-state index in [0.29, 0.717) is 12.1 Å². The van der Waals surface area contributed by atoms with Gasteiger partial charge in [-0.3, -0.25) is 4.79 Å². The van der Waals surface area contributed by atoms with Crippen molar-refractivity contribution in [2.75, 3.05) is 7.11 Å².